The van der Waals surface area contributed by atoms with Crippen molar-refractivity contribution in [1.82, 2.24) is 15.3 Å². The summed E-state index contributed by atoms with van der Waals surface area (Å²) in [6.07, 6.45) is 2.93. The molecule has 0 aliphatic heterocycles. The molecule has 1 amide bonds. The minimum atomic E-state index is -0.400. The summed E-state index contributed by atoms with van der Waals surface area (Å²) in [5.41, 5.74) is 2.55. The number of benzene rings is 2. The van der Waals surface area contributed by atoms with Crippen LogP contribution in [0.15, 0.2) is 67.0 Å². The number of anilines is 2. The van der Waals surface area contributed by atoms with Gasteiger partial charge >= 0.3 is 5.97 Å². The molecule has 1 aromatic heterocycles. The summed E-state index contributed by atoms with van der Waals surface area (Å²) in [5.74, 6) is -0.299. The highest BCUT2D eigenvalue weighted by Gasteiger charge is 2.12. The fourth-order valence-electron chi connectivity index (χ4n) is 2.55. The zero-order valence-electron chi connectivity index (χ0n) is 15.5. The maximum atomic E-state index is 12.4. The van der Waals surface area contributed by atoms with Gasteiger partial charge in [-0.1, -0.05) is 30.3 Å². The predicted octanol–water partition coefficient (Wildman–Crippen LogP) is 3.50. The molecule has 0 bridgehead atoms. The van der Waals surface area contributed by atoms with Crippen LogP contribution in [-0.2, 0) is 4.74 Å². The van der Waals surface area contributed by atoms with Crippen LogP contribution in [0.3, 0.4) is 0 Å². The van der Waals surface area contributed by atoms with Crippen LogP contribution in [0.1, 0.15) is 39.2 Å². The first-order valence-electron chi connectivity index (χ1n) is 8.70. The Morgan fingerprint density at radius 1 is 0.929 bits per heavy atom. The van der Waals surface area contributed by atoms with Crippen molar-refractivity contribution in [2.24, 2.45) is 0 Å². The third kappa shape index (κ3) is 4.70. The highest BCUT2D eigenvalue weighted by molar-refractivity contribution is 5.94. The summed E-state index contributed by atoms with van der Waals surface area (Å²) in [7, 11) is 1.33. The Morgan fingerprint density at radius 2 is 1.57 bits per heavy atom. The van der Waals surface area contributed by atoms with E-state index >= 15 is 0 Å². The van der Waals surface area contributed by atoms with E-state index < -0.39 is 5.97 Å². The van der Waals surface area contributed by atoms with Crippen LogP contribution in [0.2, 0.25) is 0 Å². The highest BCUT2D eigenvalue weighted by Crippen LogP contribution is 2.15. The van der Waals surface area contributed by atoms with Gasteiger partial charge in [-0.25, -0.2) is 14.8 Å². The topological polar surface area (TPSA) is 93.2 Å². The zero-order valence-corrected chi connectivity index (χ0v) is 15.5. The number of nitrogens with one attached hydrogen (secondary N) is 2. The highest BCUT2D eigenvalue weighted by atomic mass is 16.5. The van der Waals surface area contributed by atoms with E-state index in [1.54, 1.807) is 24.3 Å². The van der Waals surface area contributed by atoms with Crippen molar-refractivity contribution in [1.29, 1.82) is 0 Å². The molecule has 1 atom stereocenters. The van der Waals surface area contributed by atoms with Gasteiger partial charge in [-0.3, -0.25) is 4.79 Å². The SMILES string of the molecule is COC(=O)c1ccc(Nc2ncc(C(=O)NC(C)c3ccccc3)cn2)cc1. The number of aromatic nitrogens is 2. The van der Waals surface area contributed by atoms with Gasteiger partial charge < -0.3 is 15.4 Å². The Balaban J connectivity index is 1.61. The Bertz CT molecular complexity index is 942. The lowest BCUT2D eigenvalue weighted by molar-refractivity contribution is 0.0600. The first kappa shape index (κ1) is 19.0. The third-order valence-electron chi connectivity index (χ3n) is 4.12. The van der Waals surface area contributed by atoms with E-state index in [1.165, 1.54) is 19.5 Å². The van der Waals surface area contributed by atoms with Crippen molar-refractivity contribution in [3.05, 3.63) is 83.7 Å². The summed E-state index contributed by atoms with van der Waals surface area (Å²) in [6.45, 7) is 1.92. The van der Waals surface area contributed by atoms with Crippen LogP contribution in [0, 0.1) is 0 Å². The second-order valence-corrected chi connectivity index (χ2v) is 6.10. The molecule has 0 saturated heterocycles. The Morgan fingerprint density at radius 3 is 2.18 bits per heavy atom. The van der Waals surface area contributed by atoms with Crippen LogP contribution in [0.25, 0.3) is 0 Å². The van der Waals surface area contributed by atoms with Gasteiger partial charge in [0.05, 0.1) is 24.3 Å². The average molecular weight is 376 g/mol. The first-order valence-corrected chi connectivity index (χ1v) is 8.70. The lowest BCUT2D eigenvalue weighted by Crippen LogP contribution is -2.26. The van der Waals surface area contributed by atoms with E-state index in [0.717, 1.165) is 5.56 Å². The van der Waals surface area contributed by atoms with Crippen LogP contribution in [-0.4, -0.2) is 29.0 Å². The van der Waals surface area contributed by atoms with E-state index in [-0.39, 0.29) is 11.9 Å². The van der Waals surface area contributed by atoms with Crippen molar-refractivity contribution in [2.75, 3.05) is 12.4 Å². The molecule has 3 rings (SSSR count). The molecule has 0 saturated carbocycles. The van der Waals surface area contributed by atoms with Gasteiger partial charge in [0.15, 0.2) is 0 Å². The fourth-order valence-corrected chi connectivity index (χ4v) is 2.55. The zero-order chi connectivity index (χ0) is 19.9. The first-order chi connectivity index (χ1) is 13.6. The summed E-state index contributed by atoms with van der Waals surface area (Å²) in [6, 6.07) is 16.3. The van der Waals surface area contributed by atoms with Crippen molar-refractivity contribution in [3.63, 3.8) is 0 Å². The van der Waals surface area contributed by atoms with E-state index in [4.69, 9.17) is 0 Å². The molecule has 7 heteroatoms. The van der Waals surface area contributed by atoms with E-state index in [0.29, 0.717) is 22.8 Å². The average Bonchev–Trinajstić information content (AvgIpc) is 2.74. The molecule has 28 heavy (non-hydrogen) atoms. The van der Waals surface area contributed by atoms with Gasteiger partial charge in [0.2, 0.25) is 5.95 Å². The van der Waals surface area contributed by atoms with Crippen LogP contribution < -0.4 is 10.6 Å². The molecule has 142 valence electrons. The summed E-state index contributed by atoms with van der Waals surface area (Å²) in [5, 5.41) is 5.94. The Hall–Kier alpha value is -3.74. The fraction of sp³-hybridized carbons (Fsp3) is 0.143. The van der Waals surface area contributed by atoms with Gasteiger partial charge in [0.25, 0.3) is 5.91 Å². The number of methoxy groups -OCH3 is 1. The number of carbonyl (C=O) groups is 2. The standard InChI is InChI=1S/C21H20N4O3/c1-14(15-6-4-3-5-7-15)24-19(26)17-12-22-21(23-13-17)25-18-10-8-16(9-11-18)20(27)28-2/h3-14H,1-2H3,(H,24,26)(H,22,23,25). The minimum absolute atomic E-state index is 0.125. The molecule has 0 spiro atoms. The van der Waals surface area contributed by atoms with Gasteiger partial charge in [-0.05, 0) is 36.8 Å². The number of nitrogens with zero attached hydrogens (tertiary/aromatic N) is 2. The van der Waals surface area contributed by atoms with Crippen LogP contribution in [0.4, 0.5) is 11.6 Å². The molecule has 2 N–H and O–H groups in total. The molecule has 2 aromatic carbocycles. The number of rotatable bonds is 6. The molecule has 0 radical (unpaired) electrons. The van der Waals surface area contributed by atoms with E-state index in [2.05, 4.69) is 25.3 Å². The number of hydrogen-bond acceptors (Lipinski definition) is 6. The lowest BCUT2D eigenvalue weighted by Gasteiger charge is -2.14. The Labute approximate surface area is 162 Å². The number of esters is 1. The molecular weight excluding hydrogens is 356 g/mol. The molecular formula is C21H20N4O3. The van der Waals surface area contributed by atoms with Gasteiger partial charge in [0, 0.05) is 18.1 Å². The lowest BCUT2D eigenvalue weighted by atomic mass is 10.1. The summed E-state index contributed by atoms with van der Waals surface area (Å²) >= 11 is 0. The monoisotopic (exact) mass is 376 g/mol. The Kier molecular flexibility index (Phi) is 5.96. The number of carbonyl (C=O) groups excluding carboxylic acids is 2. The van der Waals surface area contributed by atoms with Crippen molar-refractivity contribution in [3.8, 4) is 0 Å². The van der Waals surface area contributed by atoms with Crippen LogP contribution >= 0.6 is 0 Å². The van der Waals surface area contributed by atoms with Crippen molar-refractivity contribution in [2.45, 2.75) is 13.0 Å². The predicted molar refractivity (Wildman–Crippen MR) is 105 cm³/mol. The summed E-state index contributed by atoms with van der Waals surface area (Å²) < 4.78 is 4.66. The van der Waals surface area contributed by atoms with Gasteiger partial charge in [-0.15, -0.1) is 0 Å². The molecule has 1 unspecified atom stereocenters. The quantitative estimate of drug-likeness (QED) is 0.640. The smallest absolute Gasteiger partial charge is 0.337 e. The maximum absolute atomic E-state index is 12.4. The van der Waals surface area contributed by atoms with Crippen LogP contribution in [0.5, 0.6) is 0 Å². The van der Waals surface area contributed by atoms with E-state index in [1.807, 2.05) is 37.3 Å². The number of amides is 1. The third-order valence-corrected chi connectivity index (χ3v) is 4.12. The molecule has 7 nitrogen and oxygen atoms in total. The molecule has 0 fully saturated rings. The normalized spacial score (nSPS) is 11.4. The molecule has 0 aliphatic rings. The molecule has 0 aliphatic carbocycles. The largest absolute Gasteiger partial charge is 0.465 e. The van der Waals surface area contributed by atoms with Gasteiger partial charge in [0.1, 0.15) is 0 Å². The second-order valence-electron chi connectivity index (χ2n) is 6.10. The second kappa shape index (κ2) is 8.77. The minimum Gasteiger partial charge on any atom is -0.465 e. The number of ether oxygens (including phenoxy) is 1. The molecule has 1 heterocycles. The van der Waals surface area contributed by atoms with Crippen molar-refractivity contribution < 1.29 is 14.3 Å². The molecule has 3 aromatic rings. The van der Waals surface area contributed by atoms with Gasteiger partial charge in [-0.2, -0.15) is 0 Å². The number of hydrogen-bond donors (Lipinski definition) is 2. The maximum Gasteiger partial charge on any atom is 0.337 e. The van der Waals surface area contributed by atoms with Crippen molar-refractivity contribution >= 4 is 23.5 Å². The van der Waals surface area contributed by atoms with E-state index in [9.17, 15) is 9.59 Å². The summed E-state index contributed by atoms with van der Waals surface area (Å²) in [4.78, 5) is 32.2.